The first-order valence-electron chi connectivity index (χ1n) is 15.2. The van der Waals surface area contributed by atoms with Gasteiger partial charge in [0, 0.05) is 19.3 Å². The Morgan fingerprint density at radius 3 is 2.22 bits per heavy atom. The van der Waals surface area contributed by atoms with Crippen LogP contribution in [0.3, 0.4) is 0 Å². The number of ketones is 1. The first kappa shape index (κ1) is 33.8. The van der Waals surface area contributed by atoms with Gasteiger partial charge in [0.15, 0.2) is 0 Å². The van der Waals surface area contributed by atoms with E-state index in [0.29, 0.717) is 25.0 Å². The molecule has 0 spiro atoms. The van der Waals surface area contributed by atoms with E-state index in [2.05, 4.69) is 35.6 Å². The molecule has 0 saturated carbocycles. The van der Waals surface area contributed by atoms with Gasteiger partial charge in [0.25, 0.3) is 10.1 Å². The van der Waals surface area contributed by atoms with Crippen molar-refractivity contribution in [3.63, 3.8) is 0 Å². The molecule has 1 heterocycles. The third kappa shape index (κ3) is 16.4. The summed E-state index contributed by atoms with van der Waals surface area (Å²) in [4.78, 5) is 14.8. The Morgan fingerprint density at radius 2 is 1.54 bits per heavy atom. The van der Waals surface area contributed by atoms with E-state index in [0.717, 1.165) is 71.0 Å². The molecule has 1 rings (SSSR count). The standard InChI is InChI=1S/C30H56N2O4S/c1-4-6-7-8-9-10-11-14-17-21-28(33)22-20-25-32-27-26-31(3)30(32)24-19-16-13-12-15-18-23-29(5-2)37(34,35)36/h6-7,29H,4-5,8-27H2,1-3H3/p+1/b7-6+. The van der Waals surface area contributed by atoms with E-state index in [4.69, 9.17) is 0 Å². The Kier molecular flexibility index (Phi) is 18.9. The third-order valence-corrected chi connectivity index (χ3v) is 9.09. The second-order valence-corrected chi connectivity index (χ2v) is 12.6. The molecule has 0 bridgehead atoms. The van der Waals surface area contributed by atoms with Crippen LogP contribution >= 0.6 is 0 Å². The fourth-order valence-corrected chi connectivity index (χ4v) is 6.16. The average molecular weight is 542 g/mol. The highest BCUT2D eigenvalue weighted by molar-refractivity contribution is 7.86. The van der Waals surface area contributed by atoms with E-state index < -0.39 is 15.4 Å². The molecule has 1 aliphatic heterocycles. The smallest absolute Gasteiger partial charge is 0.267 e. The maximum absolute atomic E-state index is 12.3. The molecule has 1 atom stereocenters. The Hall–Kier alpha value is -1.21. The Morgan fingerprint density at radius 1 is 0.919 bits per heavy atom. The summed E-state index contributed by atoms with van der Waals surface area (Å²) in [5, 5.41) is -0.601. The molecule has 0 aromatic carbocycles. The number of rotatable bonds is 24. The van der Waals surface area contributed by atoms with Crippen molar-refractivity contribution in [3.8, 4) is 0 Å². The zero-order chi connectivity index (χ0) is 27.4. The molecule has 0 amide bonds. The van der Waals surface area contributed by atoms with Crippen LogP contribution in [0.25, 0.3) is 0 Å². The molecule has 0 saturated heterocycles. The summed E-state index contributed by atoms with van der Waals surface area (Å²) in [5.41, 5.74) is 0. The number of nitrogens with zero attached hydrogens (tertiary/aromatic N) is 2. The zero-order valence-electron chi connectivity index (χ0n) is 24.3. The van der Waals surface area contributed by atoms with Gasteiger partial charge >= 0.3 is 0 Å². The molecule has 37 heavy (non-hydrogen) atoms. The second kappa shape index (κ2) is 20.7. The highest BCUT2D eigenvalue weighted by Gasteiger charge is 2.27. The molecule has 0 aromatic heterocycles. The minimum atomic E-state index is -3.89. The third-order valence-electron chi connectivity index (χ3n) is 7.68. The molecular formula is C30H57N2O4S+. The van der Waals surface area contributed by atoms with E-state index in [-0.39, 0.29) is 0 Å². The maximum Gasteiger partial charge on any atom is 0.267 e. The van der Waals surface area contributed by atoms with Gasteiger partial charge in [-0.25, -0.2) is 0 Å². The SMILES string of the molecule is CC/C=C/CCCCCCCC(=O)CCCN1CC[N+](C)=C1CCCCCCCCC(CC)S(=O)(=O)O. The zero-order valence-corrected chi connectivity index (χ0v) is 25.1. The molecule has 1 N–H and O–H groups in total. The minimum absolute atomic E-state index is 0.432. The van der Waals surface area contributed by atoms with Crippen molar-refractivity contribution in [1.82, 2.24) is 4.90 Å². The lowest BCUT2D eigenvalue weighted by molar-refractivity contribution is -0.487. The van der Waals surface area contributed by atoms with E-state index in [1.165, 1.54) is 57.2 Å². The normalized spacial score (nSPS) is 15.3. The highest BCUT2D eigenvalue weighted by Crippen LogP contribution is 2.17. The van der Waals surface area contributed by atoms with Crippen LogP contribution in [0.4, 0.5) is 0 Å². The number of hydrogen-bond acceptors (Lipinski definition) is 4. The van der Waals surface area contributed by atoms with Gasteiger partial charge in [-0.3, -0.25) is 18.8 Å². The minimum Gasteiger partial charge on any atom is -0.300 e. The summed E-state index contributed by atoms with van der Waals surface area (Å²) in [6, 6.07) is 0. The number of unbranched alkanes of at least 4 members (excludes halogenated alkanes) is 10. The molecule has 1 aliphatic rings. The monoisotopic (exact) mass is 541 g/mol. The van der Waals surface area contributed by atoms with Crippen molar-refractivity contribution < 1.29 is 22.3 Å². The van der Waals surface area contributed by atoms with E-state index >= 15 is 0 Å². The predicted molar refractivity (Wildman–Crippen MR) is 156 cm³/mol. The predicted octanol–water partition coefficient (Wildman–Crippen LogP) is 7.18. The van der Waals surface area contributed by atoms with Crippen LogP contribution < -0.4 is 0 Å². The average Bonchev–Trinajstić information content (AvgIpc) is 3.20. The van der Waals surface area contributed by atoms with Crippen molar-refractivity contribution >= 4 is 21.7 Å². The van der Waals surface area contributed by atoms with Gasteiger partial charge in [0.1, 0.15) is 18.9 Å². The molecule has 7 heteroatoms. The van der Waals surface area contributed by atoms with Crippen molar-refractivity contribution in [2.75, 3.05) is 26.7 Å². The lowest BCUT2D eigenvalue weighted by atomic mass is 10.0. The fourth-order valence-electron chi connectivity index (χ4n) is 5.28. The second-order valence-electron chi connectivity index (χ2n) is 10.9. The summed E-state index contributed by atoms with van der Waals surface area (Å²) < 4.78 is 34.1. The summed E-state index contributed by atoms with van der Waals surface area (Å²) in [6.07, 6.45) is 24.0. The highest BCUT2D eigenvalue weighted by atomic mass is 32.2. The van der Waals surface area contributed by atoms with Gasteiger partial charge in [-0.1, -0.05) is 77.4 Å². The van der Waals surface area contributed by atoms with Crippen LogP contribution in [0.5, 0.6) is 0 Å². The Bertz CT molecular complexity index is 776. The number of carbonyl (C=O) groups is 1. The number of Topliss-reactive ketones (excluding diaryl/α,β-unsaturated/α-hetero) is 1. The lowest BCUT2D eigenvalue weighted by Gasteiger charge is -2.13. The summed E-state index contributed by atoms with van der Waals surface area (Å²) in [6.45, 7) is 7.12. The van der Waals surface area contributed by atoms with Crippen LogP contribution in [-0.2, 0) is 14.9 Å². The molecule has 1 unspecified atom stereocenters. The molecule has 216 valence electrons. The number of allylic oxidation sites excluding steroid dienone is 2. The van der Waals surface area contributed by atoms with Crippen LogP contribution in [0, 0.1) is 0 Å². The molecule has 6 nitrogen and oxygen atoms in total. The van der Waals surface area contributed by atoms with E-state index in [1.54, 1.807) is 0 Å². The van der Waals surface area contributed by atoms with Crippen LogP contribution in [0.15, 0.2) is 12.2 Å². The van der Waals surface area contributed by atoms with Crippen LogP contribution in [-0.4, -0.2) is 66.0 Å². The quantitative estimate of drug-likeness (QED) is 0.0606. The molecule has 0 aromatic rings. The maximum atomic E-state index is 12.3. The van der Waals surface area contributed by atoms with Crippen molar-refractivity contribution in [3.05, 3.63) is 12.2 Å². The Balaban J connectivity index is 2.09. The molecule has 0 radical (unpaired) electrons. The van der Waals surface area contributed by atoms with Crippen molar-refractivity contribution in [1.29, 1.82) is 0 Å². The van der Waals surface area contributed by atoms with Crippen molar-refractivity contribution in [2.45, 2.75) is 141 Å². The van der Waals surface area contributed by atoms with E-state index in [1.807, 2.05) is 6.92 Å². The number of carbonyl (C=O) groups excluding carboxylic acids is 1. The van der Waals surface area contributed by atoms with Crippen LogP contribution in [0.1, 0.15) is 136 Å². The molecule has 0 fully saturated rings. The summed E-state index contributed by atoms with van der Waals surface area (Å²) in [5.74, 6) is 1.86. The van der Waals surface area contributed by atoms with E-state index in [9.17, 15) is 17.8 Å². The number of likely N-dealkylation sites (N-methyl/N-ethyl adjacent to an activating group) is 1. The van der Waals surface area contributed by atoms with Crippen molar-refractivity contribution in [2.24, 2.45) is 0 Å². The van der Waals surface area contributed by atoms with Gasteiger partial charge in [0.2, 0.25) is 5.84 Å². The van der Waals surface area contributed by atoms with Gasteiger partial charge in [-0.15, -0.1) is 0 Å². The van der Waals surface area contributed by atoms with Gasteiger partial charge < -0.3 is 0 Å². The largest absolute Gasteiger partial charge is 0.300 e. The fraction of sp³-hybridized carbons (Fsp3) is 0.867. The van der Waals surface area contributed by atoms with Gasteiger partial charge in [-0.2, -0.15) is 8.42 Å². The number of amidine groups is 1. The molecular weight excluding hydrogens is 484 g/mol. The van der Waals surface area contributed by atoms with Gasteiger partial charge in [0.05, 0.1) is 18.8 Å². The van der Waals surface area contributed by atoms with Gasteiger partial charge in [-0.05, 0) is 51.4 Å². The summed E-state index contributed by atoms with van der Waals surface area (Å²) >= 11 is 0. The summed E-state index contributed by atoms with van der Waals surface area (Å²) in [7, 11) is -1.71. The van der Waals surface area contributed by atoms with Crippen LogP contribution in [0.2, 0.25) is 0 Å². The first-order valence-corrected chi connectivity index (χ1v) is 16.7. The Labute approximate surface area is 228 Å². The number of hydrogen-bond donors (Lipinski definition) is 1. The lowest BCUT2D eigenvalue weighted by Crippen LogP contribution is -2.30. The topological polar surface area (TPSA) is 77.7 Å². The molecule has 0 aliphatic carbocycles. The first-order chi connectivity index (χ1) is 17.8.